The predicted molar refractivity (Wildman–Crippen MR) is 109 cm³/mol. The summed E-state index contributed by atoms with van der Waals surface area (Å²) < 4.78 is 0. The molecule has 0 saturated heterocycles. The van der Waals surface area contributed by atoms with Gasteiger partial charge in [-0.1, -0.05) is 70.9 Å². The van der Waals surface area contributed by atoms with Crippen molar-refractivity contribution in [3.05, 3.63) is 53.7 Å². The molecule has 0 fully saturated rings. The van der Waals surface area contributed by atoms with Gasteiger partial charge in [-0.15, -0.1) is 0 Å². The minimum Gasteiger partial charge on any atom is -0.266 e. The third-order valence-corrected chi connectivity index (χ3v) is 11.6. The number of pyridine rings is 1. The average molecular weight is 340 g/mol. The zero-order valence-corrected chi connectivity index (χ0v) is 17.3. The van der Waals surface area contributed by atoms with Crippen molar-refractivity contribution in [1.82, 2.24) is 4.98 Å². The molecule has 130 valence electrons. The van der Waals surface area contributed by atoms with Crippen LogP contribution in [-0.4, -0.2) is 13.1 Å². The Labute approximate surface area is 149 Å². The van der Waals surface area contributed by atoms with Crippen LogP contribution in [0.5, 0.6) is 0 Å². The minimum absolute atomic E-state index is 0.620. The lowest BCUT2D eigenvalue weighted by atomic mass is 10.1. The van der Waals surface area contributed by atoms with Crippen LogP contribution in [0.2, 0.25) is 11.1 Å². The summed E-state index contributed by atoms with van der Waals surface area (Å²) in [6.45, 7) is 14.1. The van der Waals surface area contributed by atoms with E-state index in [0.29, 0.717) is 11.1 Å². The molecule has 0 unspecified atom stereocenters. The van der Waals surface area contributed by atoms with Crippen molar-refractivity contribution in [2.75, 3.05) is 0 Å². The maximum atomic E-state index is 4.88. The Kier molecular flexibility index (Phi) is 6.39. The molecule has 1 heterocycles. The highest BCUT2D eigenvalue weighted by Gasteiger charge is 2.45. The SMILES string of the molecule is CCCCc1ccc(C)cc1[Si](c1ccccn1)(C(C)C)C(C)C. The van der Waals surface area contributed by atoms with Gasteiger partial charge in [0, 0.05) is 11.5 Å². The van der Waals surface area contributed by atoms with E-state index in [1.54, 1.807) is 10.8 Å². The fourth-order valence-electron chi connectivity index (χ4n) is 4.29. The van der Waals surface area contributed by atoms with Crippen LogP contribution in [0.25, 0.3) is 0 Å². The van der Waals surface area contributed by atoms with Crippen LogP contribution in [0.3, 0.4) is 0 Å². The van der Waals surface area contributed by atoms with Crippen molar-refractivity contribution < 1.29 is 0 Å². The summed E-state index contributed by atoms with van der Waals surface area (Å²) in [5.74, 6) is 0. The molecule has 2 heteroatoms. The molecule has 0 aliphatic rings. The van der Waals surface area contributed by atoms with Gasteiger partial charge < -0.3 is 0 Å². The minimum atomic E-state index is -1.94. The first kappa shape index (κ1) is 18.9. The van der Waals surface area contributed by atoms with E-state index in [0.717, 1.165) is 0 Å². The van der Waals surface area contributed by atoms with Crippen molar-refractivity contribution in [2.45, 2.75) is 71.9 Å². The smallest absolute Gasteiger partial charge is 0.146 e. The Hall–Kier alpha value is -1.41. The first-order valence-electron chi connectivity index (χ1n) is 9.46. The normalized spacial score (nSPS) is 12.2. The first-order chi connectivity index (χ1) is 11.4. The molecule has 0 aliphatic heterocycles. The van der Waals surface area contributed by atoms with Crippen molar-refractivity contribution in [3.63, 3.8) is 0 Å². The van der Waals surface area contributed by atoms with Crippen LogP contribution in [0.4, 0.5) is 0 Å². The van der Waals surface area contributed by atoms with Crippen molar-refractivity contribution in [2.24, 2.45) is 0 Å². The average Bonchev–Trinajstić information content (AvgIpc) is 2.55. The third kappa shape index (κ3) is 3.49. The van der Waals surface area contributed by atoms with Crippen LogP contribution in [0.1, 0.15) is 58.6 Å². The number of benzene rings is 1. The van der Waals surface area contributed by atoms with E-state index in [-0.39, 0.29) is 0 Å². The molecule has 2 rings (SSSR count). The molecule has 1 aromatic heterocycles. The number of aryl methyl sites for hydroxylation is 2. The van der Waals surface area contributed by atoms with Gasteiger partial charge in [0.05, 0.1) is 0 Å². The molecule has 1 nitrogen and oxygen atoms in total. The Morgan fingerprint density at radius 1 is 1.00 bits per heavy atom. The zero-order valence-electron chi connectivity index (χ0n) is 16.3. The van der Waals surface area contributed by atoms with Gasteiger partial charge >= 0.3 is 0 Å². The molecular weight excluding hydrogens is 306 g/mol. The highest BCUT2D eigenvalue weighted by Crippen LogP contribution is 2.33. The first-order valence-corrected chi connectivity index (χ1v) is 11.6. The Morgan fingerprint density at radius 2 is 1.71 bits per heavy atom. The maximum absolute atomic E-state index is 4.88. The van der Waals surface area contributed by atoms with Gasteiger partial charge in [0.25, 0.3) is 0 Å². The maximum Gasteiger partial charge on any atom is 0.146 e. The lowest BCUT2D eigenvalue weighted by Gasteiger charge is -2.41. The van der Waals surface area contributed by atoms with Crippen LogP contribution in [0, 0.1) is 6.92 Å². The Balaban J connectivity index is 2.75. The van der Waals surface area contributed by atoms with Crippen LogP contribution in [-0.2, 0) is 6.42 Å². The van der Waals surface area contributed by atoms with E-state index in [4.69, 9.17) is 4.98 Å². The fourth-order valence-corrected chi connectivity index (χ4v) is 10.2. The van der Waals surface area contributed by atoms with Crippen molar-refractivity contribution in [3.8, 4) is 0 Å². The molecule has 0 bridgehead atoms. The molecule has 0 N–H and O–H groups in total. The molecule has 1 aromatic carbocycles. The zero-order chi connectivity index (χ0) is 17.7. The van der Waals surface area contributed by atoms with E-state index < -0.39 is 8.07 Å². The summed E-state index contributed by atoms with van der Waals surface area (Å²) in [7, 11) is -1.94. The van der Waals surface area contributed by atoms with Gasteiger partial charge in [0.1, 0.15) is 8.07 Å². The predicted octanol–water partition coefficient (Wildman–Crippen LogP) is 5.12. The topological polar surface area (TPSA) is 12.9 Å². The Morgan fingerprint density at radius 3 is 2.25 bits per heavy atom. The summed E-state index contributed by atoms with van der Waals surface area (Å²) in [6, 6.07) is 13.6. The summed E-state index contributed by atoms with van der Waals surface area (Å²) >= 11 is 0. The molecule has 0 amide bonds. The number of unbranched alkanes of at least 4 members (excludes halogenated alkanes) is 1. The van der Waals surface area contributed by atoms with Gasteiger partial charge in [0.2, 0.25) is 0 Å². The van der Waals surface area contributed by atoms with Crippen LogP contribution in [0.15, 0.2) is 42.6 Å². The van der Waals surface area contributed by atoms with E-state index in [1.807, 2.05) is 12.3 Å². The quantitative estimate of drug-likeness (QED) is 0.638. The fraction of sp³-hybridized carbons (Fsp3) is 0.500. The van der Waals surface area contributed by atoms with Gasteiger partial charge in [-0.05, 0) is 53.7 Å². The molecular formula is C22H33NSi. The highest BCUT2D eigenvalue weighted by molar-refractivity contribution is 7.03. The summed E-state index contributed by atoms with van der Waals surface area (Å²) in [5.41, 5.74) is 4.17. The monoisotopic (exact) mass is 339 g/mol. The highest BCUT2D eigenvalue weighted by atomic mass is 28.3. The second-order valence-corrected chi connectivity index (χ2v) is 12.8. The molecule has 0 aliphatic carbocycles. The van der Waals surface area contributed by atoms with Crippen LogP contribution >= 0.6 is 0 Å². The molecule has 0 spiro atoms. The second-order valence-electron chi connectivity index (χ2n) is 7.66. The van der Waals surface area contributed by atoms with Crippen molar-refractivity contribution >= 4 is 18.6 Å². The molecule has 0 radical (unpaired) electrons. The van der Waals surface area contributed by atoms with Gasteiger partial charge in [-0.3, -0.25) is 4.98 Å². The largest absolute Gasteiger partial charge is 0.266 e. The van der Waals surface area contributed by atoms with E-state index in [2.05, 4.69) is 71.9 Å². The second kappa shape index (κ2) is 8.11. The number of nitrogens with zero attached hydrogens (tertiary/aromatic N) is 1. The van der Waals surface area contributed by atoms with E-state index >= 15 is 0 Å². The van der Waals surface area contributed by atoms with Crippen LogP contribution < -0.4 is 10.5 Å². The summed E-state index contributed by atoms with van der Waals surface area (Å²) in [6.07, 6.45) is 5.67. The Bertz CT molecular complexity index is 638. The molecule has 24 heavy (non-hydrogen) atoms. The van der Waals surface area contributed by atoms with Gasteiger partial charge in [-0.25, -0.2) is 0 Å². The summed E-state index contributed by atoms with van der Waals surface area (Å²) in [5, 5.41) is 2.97. The lowest BCUT2D eigenvalue weighted by molar-refractivity contribution is 0.796. The van der Waals surface area contributed by atoms with Gasteiger partial charge in [0.15, 0.2) is 0 Å². The molecule has 0 atom stereocenters. The molecule has 0 saturated carbocycles. The number of hydrogen-bond acceptors (Lipinski definition) is 1. The summed E-state index contributed by atoms with van der Waals surface area (Å²) in [4.78, 5) is 4.88. The standard InChI is InChI=1S/C22H33NSi/c1-7-8-11-20-14-13-19(6)16-21(20)24(17(2)3,18(4)5)22-12-9-10-15-23-22/h9-10,12-18H,7-8,11H2,1-6H3. The molecule has 2 aromatic rings. The number of aromatic nitrogens is 1. The van der Waals surface area contributed by atoms with E-state index in [1.165, 1.54) is 30.1 Å². The van der Waals surface area contributed by atoms with Gasteiger partial charge in [-0.2, -0.15) is 0 Å². The van der Waals surface area contributed by atoms with E-state index in [9.17, 15) is 0 Å². The number of rotatable bonds is 7. The third-order valence-electron chi connectivity index (χ3n) is 5.42. The lowest BCUT2D eigenvalue weighted by Crippen LogP contribution is -2.64. The number of hydrogen-bond donors (Lipinski definition) is 0. The van der Waals surface area contributed by atoms with Crippen molar-refractivity contribution in [1.29, 1.82) is 0 Å².